The fourth-order valence-corrected chi connectivity index (χ4v) is 5.10. The molecule has 2 aliphatic rings. The van der Waals surface area contributed by atoms with E-state index in [-0.39, 0.29) is 6.10 Å². The van der Waals surface area contributed by atoms with E-state index in [0.717, 1.165) is 35.8 Å². The fourth-order valence-electron chi connectivity index (χ4n) is 2.36. The summed E-state index contributed by atoms with van der Waals surface area (Å²) in [5.41, 5.74) is 2.23. The van der Waals surface area contributed by atoms with Crippen molar-refractivity contribution < 1.29 is 9.84 Å². The lowest BCUT2D eigenvalue weighted by molar-refractivity contribution is 0.175. The van der Waals surface area contributed by atoms with E-state index in [4.69, 9.17) is 4.74 Å². The Balaban J connectivity index is 1.85. The monoisotopic (exact) mass is 268 g/mol. The summed E-state index contributed by atoms with van der Waals surface area (Å²) in [5, 5.41) is 10.8. The second kappa shape index (κ2) is 5.12. The summed E-state index contributed by atoms with van der Waals surface area (Å²) in [6, 6.07) is 6.14. The molecule has 1 N–H and O–H groups in total. The lowest BCUT2D eigenvalue weighted by Crippen LogP contribution is -2.22. The van der Waals surface area contributed by atoms with Gasteiger partial charge in [0.05, 0.1) is 12.7 Å². The predicted octanol–water partition coefficient (Wildman–Crippen LogP) is 2.50. The van der Waals surface area contributed by atoms with Crippen LogP contribution >= 0.6 is 23.5 Å². The smallest absolute Gasteiger partial charge is 0.128 e. The molecule has 0 spiro atoms. The first-order valence-corrected chi connectivity index (χ1v) is 8.18. The molecule has 2 heterocycles. The van der Waals surface area contributed by atoms with Gasteiger partial charge in [-0.15, -0.1) is 0 Å². The van der Waals surface area contributed by atoms with E-state index >= 15 is 0 Å². The molecule has 1 fully saturated rings. The van der Waals surface area contributed by atoms with Gasteiger partial charge in [-0.25, -0.2) is 0 Å². The molecule has 1 aromatic carbocycles. The van der Waals surface area contributed by atoms with E-state index in [9.17, 15) is 5.11 Å². The highest BCUT2D eigenvalue weighted by molar-refractivity contribution is 8.06. The third-order valence-corrected chi connectivity index (χ3v) is 6.11. The highest BCUT2D eigenvalue weighted by Crippen LogP contribution is 2.39. The van der Waals surface area contributed by atoms with Crippen LogP contribution < -0.4 is 4.74 Å². The molecule has 92 valence electrons. The molecule has 2 nitrogen and oxygen atoms in total. The normalized spacial score (nSPS) is 25.1. The summed E-state index contributed by atoms with van der Waals surface area (Å²) in [4.78, 5) is 0. The van der Waals surface area contributed by atoms with Crippen molar-refractivity contribution in [1.82, 2.24) is 0 Å². The fraction of sp³-hybridized carbons (Fsp3) is 0.538. The molecule has 0 bridgehead atoms. The lowest BCUT2D eigenvalue weighted by Gasteiger charge is -2.26. The third kappa shape index (κ3) is 2.30. The molecule has 0 saturated carbocycles. The Bertz CT molecular complexity index is 402. The van der Waals surface area contributed by atoms with E-state index in [1.165, 1.54) is 11.3 Å². The van der Waals surface area contributed by atoms with E-state index < -0.39 is 0 Å². The number of benzene rings is 1. The topological polar surface area (TPSA) is 29.5 Å². The first-order chi connectivity index (χ1) is 8.36. The van der Waals surface area contributed by atoms with Crippen molar-refractivity contribution in [2.24, 2.45) is 0 Å². The minimum atomic E-state index is -0.388. The van der Waals surface area contributed by atoms with Crippen LogP contribution in [0, 0.1) is 0 Å². The number of fused-ring (bicyclic) bond motifs is 1. The highest BCUT2D eigenvalue weighted by atomic mass is 32.2. The van der Waals surface area contributed by atoms with Crippen LogP contribution in [0.1, 0.15) is 17.2 Å². The van der Waals surface area contributed by atoms with Crippen LogP contribution in [0.4, 0.5) is 0 Å². The van der Waals surface area contributed by atoms with E-state index in [1.807, 2.05) is 35.7 Å². The summed E-state index contributed by atoms with van der Waals surface area (Å²) in [7, 11) is 0. The van der Waals surface area contributed by atoms with Gasteiger partial charge in [0.25, 0.3) is 0 Å². The average Bonchev–Trinajstić information content (AvgIpc) is 2.87. The summed E-state index contributed by atoms with van der Waals surface area (Å²) in [5.74, 6) is 4.32. The number of hydrogen-bond donors (Lipinski definition) is 1. The Morgan fingerprint density at radius 3 is 3.12 bits per heavy atom. The summed E-state index contributed by atoms with van der Waals surface area (Å²) < 4.78 is 5.67. The minimum Gasteiger partial charge on any atom is -0.493 e. The number of para-hydroxylation sites is 1. The second-order valence-corrected chi connectivity index (χ2v) is 6.86. The van der Waals surface area contributed by atoms with Crippen LogP contribution in [-0.2, 0) is 6.42 Å². The molecule has 3 rings (SSSR count). The highest BCUT2D eigenvalue weighted by Gasteiger charge is 2.28. The van der Waals surface area contributed by atoms with Crippen molar-refractivity contribution in [3.8, 4) is 5.75 Å². The van der Waals surface area contributed by atoms with Crippen molar-refractivity contribution in [1.29, 1.82) is 0 Å². The van der Waals surface area contributed by atoms with Gasteiger partial charge < -0.3 is 9.84 Å². The lowest BCUT2D eigenvalue weighted by atomic mass is 10.0. The molecular weight excluding hydrogens is 252 g/mol. The van der Waals surface area contributed by atoms with Gasteiger partial charge in [0.1, 0.15) is 5.75 Å². The summed E-state index contributed by atoms with van der Waals surface area (Å²) in [6.45, 7) is 0.756. The van der Waals surface area contributed by atoms with Crippen molar-refractivity contribution >= 4 is 23.5 Å². The van der Waals surface area contributed by atoms with Crippen molar-refractivity contribution in [2.45, 2.75) is 17.8 Å². The zero-order valence-electron chi connectivity index (χ0n) is 9.59. The minimum absolute atomic E-state index is 0.310. The molecule has 0 aliphatic carbocycles. The number of hydrogen-bond acceptors (Lipinski definition) is 4. The Hall–Kier alpha value is -0.320. The molecule has 2 aliphatic heterocycles. The Morgan fingerprint density at radius 1 is 1.35 bits per heavy atom. The van der Waals surface area contributed by atoms with Gasteiger partial charge in [-0.2, -0.15) is 23.5 Å². The van der Waals surface area contributed by atoms with Gasteiger partial charge in [-0.3, -0.25) is 0 Å². The molecule has 2 atom stereocenters. The summed E-state index contributed by atoms with van der Waals surface area (Å²) >= 11 is 3.82. The molecule has 4 heteroatoms. The van der Waals surface area contributed by atoms with E-state index in [1.54, 1.807) is 0 Å². The second-order valence-electron chi connectivity index (χ2n) is 4.36. The first-order valence-electron chi connectivity index (χ1n) is 5.98. The predicted molar refractivity (Wildman–Crippen MR) is 74.2 cm³/mol. The zero-order valence-corrected chi connectivity index (χ0v) is 11.2. The van der Waals surface area contributed by atoms with Crippen molar-refractivity contribution in [3.05, 3.63) is 29.3 Å². The van der Waals surface area contributed by atoms with Crippen LogP contribution in [0.3, 0.4) is 0 Å². The molecular formula is C13H16O2S2. The number of ether oxygens (including phenoxy) is 1. The number of rotatable bonds is 2. The van der Waals surface area contributed by atoms with Crippen LogP contribution in [0.2, 0.25) is 0 Å². The number of thioether (sulfide) groups is 2. The number of aliphatic hydroxyl groups excluding tert-OH is 1. The molecule has 1 aromatic rings. The SMILES string of the molecule is OC(c1cccc2c1OCC2)C1CSCCS1. The first kappa shape index (κ1) is 11.8. The van der Waals surface area contributed by atoms with Gasteiger partial charge in [0.2, 0.25) is 0 Å². The van der Waals surface area contributed by atoms with Crippen molar-refractivity contribution in [3.63, 3.8) is 0 Å². The van der Waals surface area contributed by atoms with Crippen molar-refractivity contribution in [2.75, 3.05) is 23.9 Å². The third-order valence-electron chi connectivity index (χ3n) is 3.26. The van der Waals surface area contributed by atoms with Crippen LogP contribution in [-0.4, -0.2) is 34.2 Å². The van der Waals surface area contributed by atoms with E-state index in [0.29, 0.717) is 5.25 Å². The van der Waals surface area contributed by atoms with Crippen LogP contribution in [0.25, 0.3) is 0 Å². The maximum atomic E-state index is 10.5. The Morgan fingerprint density at radius 2 is 2.29 bits per heavy atom. The van der Waals surface area contributed by atoms with Crippen LogP contribution in [0.5, 0.6) is 5.75 Å². The van der Waals surface area contributed by atoms with E-state index in [2.05, 4.69) is 6.07 Å². The summed E-state index contributed by atoms with van der Waals surface area (Å²) in [6.07, 6.45) is 0.587. The molecule has 0 amide bonds. The van der Waals surface area contributed by atoms with Gasteiger partial charge in [-0.1, -0.05) is 18.2 Å². The van der Waals surface area contributed by atoms with Gasteiger partial charge >= 0.3 is 0 Å². The standard InChI is InChI=1S/C13H16O2S2/c14-12(11-8-16-6-7-17-11)10-3-1-2-9-4-5-15-13(9)10/h1-3,11-12,14H,4-8H2. The van der Waals surface area contributed by atoms with Gasteiger partial charge in [0, 0.05) is 34.5 Å². The molecule has 2 unspecified atom stereocenters. The largest absolute Gasteiger partial charge is 0.493 e. The maximum Gasteiger partial charge on any atom is 0.128 e. The Labute approximate surface area is 110 Å². The molecule has 0 radical (unpaired) electrons. The van der Waals surface area contributed by atoms with Crippen LogP contribution in [0.15, 0.2) is 18.2 Å². The molecule has 0 aromatic heterocycles. The quantitative estimate of drug-likeness (QED) is 0.892. The molecule has 17 heavy (non-hydrogen) atoms. The molecule has 1 saturated heterocycles. The van der Waals surface area contributed by atoms with Gasteiger partial charge in [-0.05, 0) is 5.56 Å². The van der Waals surface area contributed by atoms with Gasteiger partial charge in [0.15, 0.2) is 0 Å². The number of aliphatic hydroxyl groups is 1. The maximum absolute atomic E-state index is 10.5. The average molecular weight is 268 g/mol. The Kier molecular flexibility index (Phi) is 3.54. The zero-order chi connectivity index (χ0) is 11.7.